The van der Waals surface area contributed by atoms with Gasteiger partial charge >= 0.3 is 6.03 Å². The molecule has 3 amide bonds. The third-order valence-electron chi connectivity index (χ3n) is 5.83. The molecular weight excluding hydrogens is 436 g/mol. The van der Waals surface area contributed by atoms with Crippen molar-refractivity contribution >= 4 is 40.2 Å². The molecule has 1 saturated heterocycles. The molecule has 0 radical (unpaired) electrons. The second kappa shape index (κ2) is 9.87. The van der Waals surface area contributed by atoms with Gasteiger partial charge in [0.25, 0.3) is 5.91 Å². The number of nitrogens with zero attached hydrogens (tertiary/aromatic N) is 5. The summed E-state index contributed by atoms with van der Waals surface area (Å²) in [6, 6.07) is 8.48. The third-order valence-corrected chi connectivity index (χ3v) is 5.83. The number of pyridine rings is 1. The molecule has 4 rings (SSSR count). The van der Waals surface area contributed by atoms with Crippen molar-refractivity contribution in [3.8, 4) is 0 Å². The number of urea groups is 1. The van der Waals surface area contributed by atoms with Gasteiger partial charge in [0.05, 0.1) is 30.4 Å². The van der Waals surface area contributed by atoms with Crippen LogP contribution in [0.3, 0.4) is 0 Å². The Morgan fingerprint density at radius 3 is 2.82 bits per heavy atom. The molecule has 3 aromatic rings. The molecule has 178 valence electrons. The van der Waals surface area contributed by atoms with E-state index in [1.807, 2.05) is 35.2 Å². The summed E-state index contributed by atoms with van der Waals surface area (Å²) in [4.78, 5) is 40.8. The lowest BCUT2D eigenvalue weighted by atomic mass is 9.96. The number of carbonyl (C=O) groups is 2. The molecule has 1 aromatic carbocycles. The van der Waals surface area contributed by atoms with Crippen molar-refractivity contribution in [1.82, 2.24) is 25.2 Å². The maximum absolute atomic E-state index is 12.2. The molecule has 0 spiro atoms. The van der Waals surface area contributed by atoms with Gasteiger partial charge in [0, 0.05) is 37.9 Å². The van der Waals surface area contributed by atoms with Crippen molar-refractivity contribution in [2.45, 2.75) is 24.9 Å². The molecule has 1 fully saturated rings. The van der Waals surface area contributed by atoms with E-state index >= 15 is 0 Å². The van der Waals surface area contributed by atoms with Crippen molar-refractivity contribution in [1.29, 1.82) is 0 Å². The van der Waals surface area contributed by atoms with Crippen LogP contribution in [-0.4, -0.2) is 76.2 Å². The van der Waals surface area contributed by atoms with Crippen LogP contribution in [-0.2, 0) is 0 Å². The van der Waals surface area contributed by atoms with Crippen molar-refractivity contribution in [2.24, 2.45) is 5.73 Å². The average molecular weight is 465 g/mol. The van der Waals surface area contributed by atoms with Crippen LogP contribution >= 0.6 is 0 Å². The first-order valence-corrected chi connectivity index (χ1v) is 11.0. The molecule has 3 heterocycles. The number of anilines is 3. The number of amides is 3. The Balaban J connectivity index is 1.65. The van der Waals surface area contributed by atoms with E-state index in [0.29, 0.717) is 18.1 Å². The lowest BCUT2D eigenvalue weighted by Crippen LogP contribution is -2.58. The lowest BCUT2D eigenvalue weighted by molar-refractivity contribution is 0.0996. The number of piperidine rings is 1. The molecular formula is C23H28N8O3. The van der Waals surface area contributed by atoms with E-state index < -0.39 is 11.9 Å². The molecule has 1 aliphatic rings. The fraction of sp³-hybridized carbons (Fsp3) is 0.348. The van der Waals surface area contributed by atoms with E-state index in [1.54, 1.807) is 20.3 Å². The topological polar surface area (TPSA) is 150 Å². The molecule has 2 atom stereocenters. The van der Waals surface area contributed by atoms with Gasteiger partial charge in [0.2, 0.25) is 0 Å². The summed E-state index contributed by atoms with van der Waals surface area (Å²) in [5.41, 5.74) is 7.09. The largest absolute Gasteiger partial charge is 0.394 e. The molecule has 2 unspecified atom stereocenters. The standard InChI is InChI=1S/C23H28N8O3/c1-30(2)23(34)28-17-6-4-10-31(18(17)13-32)19-12-26-20(21(24)33)22(29-19)27-15-7-8-16-14(11-15)5-3-9-25-16/h3,5,7-9,11-12,17-18,32H,4,6,10,13H2,1-2H3,(H2,24,33)(H,27,29)(H,28,34). The molecule has 5 N–H and O–H groups in total. The van der Waals surface area contributed by atoms with Crippen molar-refractivity contribution in [3.63, 3.8) is 0 Å². The molecule has 0 bridgehead atoms. The number of rotatable bonds is 6. The highest BCUT2D eigenvalue weighted by molar-refractivity contribution is 5.96. The van der Waals surface area contributed by atoms with Crippen LogP contribution in [0.2, 0.25) is 0 Å². The molecule has 0 aliphatic carbocycles. The second-order valence-electron chi connectivity index (χ2n) is 8.36. The van der Waals surface area contributed by atoms with Crippen molar-refractivity contribution in [2.75, 3.05) is 37.5 Å². The number of fused-ring (bicyclic) bond motifs is 1. The van der Waals surface area contributed by atoms with Crippen LogP contribution in [0.5, 0.6) is 0 Å². The van der Waals surface area contributed by atoms with Crippen LogP contribution in [0.15, 0.2) is 42.7 Å². The van der Waals surface area contributed by atoms with Crippen LogP contribution in [0.1, 0.15) is 23.3 Å². The van der Waals surface area contributed by atoms with Gasteiger partial charge in [0.1, 0.15) is 5.82 Å². The zero-order valence-corrected chi connectivity index (χ0v) is 19.1. The number of hydrogen-bond acceptors (Lipinski definition) is 8. The number of aliphatic hydroxyl groups excluding tert-OH is 1. The Morgan fingerprint density at radius 2 is 2.09 bits per heavy atom. The summed E-state index contributed by atoms with van der Waals surface area (Å²) in [7, 11) is 3.33. The van der Waals surface area contributed by atoms with Crippen molar-refractivity contribution in [3.05, 3.63) is 48.4 Å². The summed E-state index contributed by atoms with van der Waals surface area (Å²) in [5, 5.41) is 17.2. The fourth-order valence-corrected chi connectivity index (χ4v) is 4.10. The highest BCUT2D eigenvalue weighted by Crippen LogP contribution is 2.27. The van der Waals surface area contributed by atoms with Crippen LogP contribution in [0.25, 0.3) is 10.9 Å². The van der Waals surface area contributed by atoms with E-state index in [2.05, 4.69) is 25.6 Å². The normalized spacial score (nSPS) is 17.9. The van der Waals surface area contributed by atoms with Crippen molar-refractivity contribution < 1.29 is 14.7 Å². The SMILES string of the molecule is CN(C)C(=O)NC1CCCN(c2cnc(C(N)=O)c(Nc3ccc4ncccc4c3)n2)C1CO. The molecule has 11 nitrogen and oxygen atoms in total. The number of hydrogen-bond donors (Lipinski definition) is 4. The Labute approximate surface area is 197 Å². The highest BCUT2D eigenvalue weighted by atomic mass is 16.3. The molecule has 34 heavy (non-hydrogen) atoms. The Hall–Kier alpha value is -3.99. The first-order chi connectivity index (χ1) is 16.4. The summed E-state index contributed by atoms with van der Waals surface area (Å²) in [5.74, 6) is -0.0281. The predicted molar refractivity (Wildman–Crippen MR) is 129 cm³/mol. The quantitative estimate of drug-likeness (QED) is 0.428. The zero-order chi connectivity index (χ0) is 24.2. The Bertz CT molecular complexity index is 1200. The Morgan fingerprint density at radius 1 is 1.26 bits per heavy atom. The van der Waals surface area contributed by atoms with Crippen LogP contribution in [0.4, 0.5) is 22.1 Å². The van der Waals surface area contributed by atoms with E-state index in [1.165, 1.54) is 11.1 Å². The number of carbonyl (C=O) groups excluding carboxylic acids is 2. The fourth-order valence-electron chi connectivity index (χ4n) is 4.10. The summed E-state index contributed by atoms with van der Waals surface area (Å²) >= 11 is 0. The third kappa shape index (κ3) is 4.84. The van der Waals surface area contributed by atoms with Gasteiger partial charge in [-0.1, -0.05) is 6.07 Å². The van der Waals surface area contributed by atoms with Gasteiger partial charge in [-0.25, -0.2) is 14.8 Å². The maximum Gasteiger partial charge on any atom is 0.317 e. The monoisotopic (exact) mass is 464 g/mol. The zero-order valence-electron chi connectivity index (χ0n) is 19.1. The number of nitrogens with one attached hydrogen (secondary N) is 2. The lowest BCUT2D eigenvalue weighted by Gasteiger charge is -2.41. The number of primary amides is 1. The van der Waals surface area contributed by atoms with E-state index in [0.717, 1.165) is 23.7 Å². The van der Waals surface area contributed by atoms with Gasteiger partial charge in [-0.2, -0.15) is 0 Å². The molecule has 2 aromatic heterocycles. The number of aromatic nitrogens is 3. The summed E-state index contributed by atoms with van der Waals surface area (Å²) in [6.07, 6.45) is 4.70. The van der Waals surface area contributed by atoms with E-state index in [9.17, 15) is 14.7 Å². The maximum atomic E-state index is 12.2. The first kappa shape index (κ1) is 23.2. The molecule has 0 saturated carbocycles. The van der Waals surface area contributed by atoms with Gasteiger partial charge in [-0.15, -0.1) is 0 Å². The number of nitrogens with two attached hydrogens (primary N) is 1. The van der Waals surface area contributed by atoms with Crippen LogP contribution < -0.4 is 21.3 Å². The van der Waals surface area contributed by atoms with Gasteiger partial charge in [-0.3, -0.25) is 9.78 Å². The van der Waals surface area contributed by atoms with Crippen LogP contribution in [0, 0.1) is 0 Å². The smallest absolute Gasteiger partial charge is 0.317 e. The second-order valence-corrected chi connectivity index (χ2v) is 8.36. The minimum Gasteiger partial charge on any atom is -0.394 e. The Kier molecular flexibility index (Phi) is 6.73. The molecule has 1 aliphatic heterocycles. The average Bonchev–Trinajstić information content (AvgIpc) is 2.83. The van der Waals surface area contributed by atoms with Gasteiger partial charge < -0.3 is 31.3 Å². The number of aliphatic hydroxyl groups is 1. The predicted octanol–water partition coefficient (Wildman–Crippen LogP) is 1.47. The summed E-state index contributed by atoms with van der Waals surface area (Å²) < 4.78 is 0. The first-order valence-electron chi connectivity index (χ1n) is 11.0. The minimum absolute atomic E-state index is 0.00468. The number of benzene rings is 1. The van der Waals surface area contributed by atoms with Gasteiger partial charge in [-0.05, 0) is 37.1 Å². The van der Waals surface area contributed by atoms with E-state index in [4.69, 9.17) is 5.73 Å². The minimum atomic E-state index is -0.711. The highest BCUT2D eigenvalue weighted by Gasteiger charge is 2.33. The molecule has 11 heteroatoms. The summed E-state index contributed by atoms with van der Waals surface area (Å²) in [6.45, 7) is 0.434. The van der Waals surface area contributed by atoms with E-state index in [-0.39, 0.29) is 30.2 Å². The van der Waals surface area contributed by atoms with Gasteiger partial charge in [0.15, 0.2) is 11.5 Å².